The first-order valence-electron chi connectivity index (χ1n) is 7.51. The van der Waals surface area contributed by atoms with Crippen LogP contribution in [0.1, 0.15) is 20.3 Å². The summed E-state index contributed by atoms with van der Waals surface area (Å²) < 4.78 is 1.70. The number of aliphatic hydroxyl groups excluding tert-OH is 1. The van der Waals surface area contributed by atoms with Crippen molar-refractivity contribution in [2.24, 2.45) is 0 Å². The summed E-state index contributed by atoms with van der Waals surface area (Å²) in [7, 11) is 0. The molecular formula is C14H27N5O. The summed E-state index contributed by atoms with van der Waals surface area (Å²) in [6.07, 6.45) is 4.16. The fourth-order valence-corrected chi connectivity index (χ4v) is 2.70. The van der Waals surface area contributed by atoms with E-state index < -0.39 is 6.10 Å². The minimum atomic E-state index is -0.399. The number of β-amino-alcohol motifs (C(OH)–C–C–N with tert-alkyl or cyclic N) is 1. The van der Waals surface area contributed by atoms with Crippen LogP contribution < -0.4 is 5.73 Å². The third kappa shape index (κ3) is 4.19. The van der Waals surface area contributed by atoms with Crippen LogP contribution in [0.5, 0.6) is 0 Å². The van der Waals surface area contributed by atoms with Crippen molar-refractivity contribution in [3.63, 3.8) is 0 Å². The molecule has 20 heavy (non-hydrogen) atoms. The summed E-state index contributed by atoms with van der Waals surface area (Å²) in [5, 5.41) is 14.2. The lowest BCUT2D eigenvalue weighted by Crippen LogP contribution is -2.51. The molecule has 1 fully saturated rings. The van der Waals surface area contributed by atoms with Crippen molar-refractivity contribution in [1.82, 2.24) is 19.6 Å². The van der Waals surface area contributed by atoms with Crippen molar-refractivity contribution >= 4 is 5.69 Å². The van der Waals surface area contributed by atoms with Gasteiger partial charge in [-0.1, -0.05) is 6.92 Å². The van der Waals surface area contributed by atoms with E-state index in [4.69, 9.17) is 5.73 Å². The zero-order valence-electron chi connectivity index (χ0n) is 12.6. The fourth-order valence-electron chi connectivity index (χ4n) is 2.70. The Morgan fingerprint density at radius 3 is 2.55 bits per heavy atom. The molecule has 2 atom stereocenters. The van der Waals surface area contributed by atoms with Crippen molar-refractivity contribution in [1.29, 1.82) is 0 Å². The molecule has 2 heterocycles. The lowest BCUT2D eigenvalue weighted by molar-refractivity contribution is 0.0509. The van der Waals surface area contributed by atoms with Gasteiger partial charge in [-0.3, -0.25) is 14.5 Å². The third-order valence-corrected chi connectivity index (χ3v) is 4.14. The van der Waals surface area contributed by atoms with Crippen LogP contribution in [0.25, 0.3) is 0 Å². The van der Waals surface area contributed by atoms with E-state index in [1.165, 1.54) is 6.42 Å². The molecule has 1 saturated heterocycles. The van der Waals surface area contributed by atoms with Crippen LogP contribution in [0.4, 0.5) is 5.69 Å². The molecule has 3 N–H and O–H groups in total. The number of anilines is 1. The first kappa shape index (κ1) is 15.3. The second-order valence-electron chi connectivity index (χ2n) is 5.74. The molecule has 0 bridgehead atoms. The summed E-state index contributed by atoms with van der Waals surface area (Å²) in [5.74, 6) is 0. The van der Waals surface area contributed by atoms with Crippen molar-refractivity contribution in [3.05, 3.63) is 12.4 Å². The van der Waals surface area contributed by atoms with Crippen LogP contribution >= 0.6 is 0 Å². The van der Waals surface area contributed by atoms with E-state index in [9.17, 15) is 5.11 Å². The van der Waals surface area contributed by atoms with Gasteiger partial charge in [-0.15, -0.1) is 0 Å². The highest BCUT2D eigenvalue weighted by Gasteiger charge is 2.21. The van der Waals surface area contributed by atoms with Gasteiger partial charge < -0.3 is 10.8 Å². The van der Waals surface area contributed by atoms with E-state index in [1.807, 2.05) is 0 Å². The molecule has 0 radical (unpaired) electrons. The summed E-state index contributed by atoms with van der Waals surface area (Å²) in [4.78, 5) is 4.85. The molecule has 1 aliphatic heterocycles. The third-order valence-electron chi connectivity index (χ3n) is 4.14. The van der Waals surface area contributed by atoms with Crippen molar-refractivity contribution in [2.75, 3.05) is 38.5 Å². The second-order valence-corrected chi connectivity index (χ2v) is 5.74. The van der Waals surface area contributed by atoms with Crippen molar-refractivity contribution in [2.45, 2.75) is 39.0 Å². The Labute approximate surface area is 121 Å². The topological polar surface area (TPSA) is 70.5 Å². The first-order chi connectivity index (χ1) is 9.58. The Hall–Kier alpha value is -1.11. The van der Waals surface area contributed by atoms with Gasteiger partial charge in [0.1, 0.15) is 0 Å². The highest BCUT2D eigenvalue weighted by Crippen LogP contribution is 2.09. The summed E-state index contributed by atoms with van der Waals surface area (Å²) in [6, 6.07) is 0.661. The number of aliphatic hydroxyl groups is 1. The Morgan fingerprint density at radius 2 is 2.00 bits per heavy atom. The molecule has 1 aromatic heterocycles. The molecule has 1 aliphatic rings. The summed E-state index contributed by atoms with van der Waals surface area (Å²) >= 11 is 0. The smallest absolute Gasteiger partial charge is 0.0862 e. The van der Waals surface area contributed by atoms with E-state index in [0.29, 0.717) is 24.8 Å². The molecule has 0 saturated carbocycles. The number of piperazine rings is 1. The van der Waals surface area contributed by atoms with Gasteiger partial charge in [-0.05, 0) is 13.3 Å². The zero-order chi connectivity index (χ0) is 14.5. The average Bonchev–Trinajstić information content (AvgIpc) is 2.84. The fraction of sp³-hybridized carbons (Fsp3) is 0.786. The van der Waals surface area contributed by atoms with Crippen LogP contribution in [0.2, 0.25) is 0 Å². The Bertz CT molecular complexity index is 400. The van der Waals surface area contributed by atoms with Gasteiger partial charge in [0.25, 0.3) is 0 Å². The van der Waals surface area contributed by atoms with E-state index in [0.717, 1.165) is 26.2 Å². The first-order valence-corrected chi connectivity index (χ1v) is 7.51. The van der Waals surface area contributed by atoms with Crippen molar-refractivity contribution in [3.8, 4) is 0 Å². The molecule has 0 aliphatic carbocycles. The Kier molecular flexibility index (Phi) is 5.39. The molecule has 6 heteroatoms. The number of nitrogens with two attached hydrogens (primary N) is 1. The number of nitrogens with zero attached hydrogens (tertiary/aromatic N) is 4. The molecular weight excluding hydrogens is 254 g/mol. The number of hydrogen-bond acceptors (Lipinski definition) is 5. The van der Waals surface area contributed by atoms with Crippen molar-refractivity contribution < 1.29 is 5.11 Å². The van der Waals surface area contributed by atoms with E-state index >= 15 is 0 Å². The van der Waals surface area contributed by atoms with Crippen LogP contribution in [-0.4, -0.2) is 69.6 Å². The van der Waals surface area contributed by atoms with Crippen LogP contribution in [-0.2, 0) is 6.54 Å². The van der Waals surface area contributed by atoms with Gasteiger partial charge in [0.15, 0.2) is 0 Å². The molecule has 0 aromatic carbocycles. The van der Waals surface area contributed by atoms with E-state index in [1.54, 1.807) is 17.1 Å². The second kappa shape index (κ2) is 7.06. The van der Waals surface area contributed by atoms with Crippen LogP contribution in [0, 0.1) is 0 Å². The van der Waals surface area contributed by atoms with Crippen LogP contribution in [0.15, 0.2) is 12.4 Å². The lowest BCUT2D eigenvalue weighted by atomic mass is 10.2. The highest BCUT2D eigenvalue weighted by molar-refractivity contribution is 5.30. The van der Waals surface area contributed by atoms with Gasteiger partial charge in [0, 0.05) is 45.0 Å². The van der Waals surface area contributed by atoms with Gasteiger partial charge in [0.05, 0.1) is 24.5 Å². The quantitative estimate of drug-likeness (QED) is 0.782. The van der Waals surface area contributed by atoms with Crippen LogP contribution in [0.3, 0.4) is 0 Å². The Balaban J connectivity index is 1.72. The predicted octanol–water partition coefficient (Wildman–Crippen LogP) is 0.242. The largest absolute Gasteiger partial charge is 0.396 e. The molecule has 0 spiro atoms. The lowest BCUT2D eigenvalue weighted by Gasteiger charge is -2.38. The minimum Gasteiger partial charge on any atom is -0.396 e. The number of nitrogen functional groups attached to an aromatic ring is 1. The zero-order valence-corrected chi connectivity index (χ0v) is 12.6. The molecule has 2 rings (SSSR count). The number of hydrogen-bond donors (Lipinski definition) is 2. The highest BCUT2D eigenvalue weighted by atomic mass is 16.3. The SMILES string of the molecule is CCC(C)N1CCN(CC(O)Cn2cc(N)cn2)CC1. The monoisotopic (exact) mass is 281 g/mol. The van der Waals surface area contributed by atoms with Gasteiger partial charge >= 0.3 is 0 Å². The van der Waals surface area contributed by atoms with E-state index in [2.05, 4.69) is 28.7 Å². The minimum absolute atomic E-state index is 0.399. The molecule has 2 unspecified atom stereocenters. The van der Waals surface area contributed by atoms with Gasteiger partial charge in [-0.25, -0.2) is 0 Å². The normalized spacial score (nSPS) is 20.9. The van der Waals surface area contributed by atoms with Gasteiger partial charge in [0.2, 0.25) is 0 Å². The Morgan fingerprint density at radius 1 is 1.30 bits per heavy atom. The molecule has 1 aromatic rings. The van der Waals surface area contributed by atoms with Gasteiger partial charge in [-0.2, -0.15) is 5.10 Å². The maximum Gasteiger partial charge on any atom is 0.0862 e. The number of aromatic nitrogens is 2. The molecule has 0 amide bonds. The molecule has 114 valence electrons. The number of rotatable bonds is 6. The summed E-state index contributed by atoms with van der Waals surface area (Å²) in [5.41, 5.74) is 6.25. The predicted molar refractivity (Wildman–Crippen MR) is 80.4 cm³/mol. The summed E-state index contributed by atoms with van der Waals surface area (Å²) in [6.45, 7) is 9.97. The van der Waals surface area contributed by atoms with E-state index in [-0.39, 0.29) is 0 Å². The standard InChI is InChI=1S/C14H27N5O/c1-3-12(2)18-6-4-17(5-7-18)10-14(20)11-19-9-13(15)8-16-19/h8-9,12,14,20H,3-7,10-11,15H2,1-2H3. The maximum atomic E-state index is 10.1. The molecule has 6 nitrogen and oxygen atoms in total. The average molecular weight is 281 g/mol. The maximum absolute atomic E-state index is 10.1.